The molecular weight excluding hydrogens is 478 g/mol. The lowest BCUT2D eigenvalue weighted by molar-refractivity contribution is 0.0701. The van der Waals surface area contributed by atoms with E-state index in [1.165, 1.54) is 0 Å². The Morgan fingerprint density at radius 2 is 1.72 bits per heavy atom. The van der Waals surface area contributed by atoms with Gasteiger partial charge in [0, 0.05) is 5.02 Å². The first-order valence-corrected chi connectivity index (χ1v) is 11.8. The van der Waals surface area contributed by atoms with Crippen molar-refractivity contribution in [1.29, 1.82) is 0 Å². The van der Waals surface area contributed by atoms with E-state index < -0.39 is 6.04 Å². The lowest BCUT2D eigenvalue weighted by Gasteiger charge is -2.24. The third-order valence-electron chi connectivity index (χ3n) is 6.28. The molecule has 5 aromatic rings. The van der Waals surface area contributed by atoms with E-state index in [0.717, 1.165) is 11.1 Å². The summed E-state index contributed by atoms with van der Waals surface area (Å²) in [6.07, 6.45) is 1.55. The van der Waals surface area contributed by atoms with Gasteiger partial charge in [0.2, 0.25) is 5.76 Å². The van der Waals surface area contributed by atoms with Gasteiger partial charge in [0.1, 0.15) is 23.7 Å². The number of carbonyl (C=O) groups excluding carboxylic acids is 1. The predicted molar refractivity (Wildman–Crippen MR) is 135 cm³/mol. The van der Waals surface area contributed by atoms with Crippen LogP contribution in [0.5, 0.6) is 5.75 Å². The molecule has 6 nitrogen and oxygen atoms in total. The number of fused-ring (bicyclic) bond motifs is 2. The zero-order valence-corrected chi connectivity index (χ0v) is 19.8. The van der Waals surface area contributed by atoms with E-state index in [-0.39, 0.29) is 23.6 Å². The summed E-state index contributed by atoms with van der Waals surface area (Å²) in [5.41, 5.74) is 2.15. The monoisotopic (exact) mass is 497 g/mol. The summed E-state index contributed by atoms with van der Waals surface area (Å²) in [5, 5.41) is 0.754. The third-order valence-corrected chi connectivity index (χ3v) is 6.51. The molecule has 178 valence electrons. The van der Waals surface area contributed by atoms with E-state index in [0.29, 0.717) is 39.7 Å². The molecule has 36 heavy (non-hydrogen) atoms. The SMILES string of the molecule is O=C1c2oc3ccc(Cl)cc3c(=O)c2C(c2ccc(OCc3ccccc3)cc2)N1Cc1ccco1. The number of nitrogens with zero attached hydrogens (tertiary/aromatic N) is 1. The van der Waals surface area contributed by atoms with Gasteiger partial charge in [-0.3, -0.25) is 9.59 Å². The average Bonchev–Trinajstić information content (AvgIpc) is 3.51. The summed E-state index contributed by atoms with van der Waals surface area (Å²) in [6, 6.07) is 25.0. The van der Waals surface area contributed by atoms with Gasteiger partial charge in [-0.25, -0.2) is 0 Å². The van der Waals surface area contributed by atoms with Crippen LogP contribution in [0.2, 0.25) is 5.02 Å². The number of ether oxygens (including phenoxy) is 1. The molecule has 1 amide bonds. The molecule has 1 aliphatic rings. The Kier molecular flexibility index (Phi) is 5.58. The molecule has 3 heterocycles. The predicted octanol–water partition coefficient (Wildman–Crippen LogP) is 6.36. The van der Waals surface area contributed by atoms with Gasteiger partial charge in [-0.1, -0.05) is 54.1 Å². The molecule has 1 atom stereocenters. The maximum absolute atomic E-state index is 13.6. The van der Waals surface area contributed by atoms with Gasteiger partial charge < -0.3 is 18.5 Å². The van der Waals surface area contributed by atoms with Crippen molar-refractivity contribution in [2.24, 2.45) is 0 Å². The molecule has 1 unspecified atom stereocenters. The van der Waals surface area contributed by atoms with E-state index >= 15 is 0 Å². The molecule has 0 aliphatic carbocycles. The lowest BCUT2D eigenvalue weighted by atomic mass is 9.98. The van der Waals surface area contributed by atoms with Crippen molar-refractivity contribution < 1.29 is 18.4 Å². The molecule has 0 spiro atoms. The Bertz CT molecular complexity index is 1610. The van der Waals surface area contributed by atoms with E-state index in [1.54, 1.807) is 41.5 Å². The second-order valence-corrected chi connectivity index (χ2v) is 9.01. The number of amides is 1. The highest BCUT2D eigenvalue weighted by Gasteiger charge is 2.43. The second kappa shape index (κ2) is 9.06. The second-order valence-electron chi connectivity index (χ2n) is 8.57. The van der Waals surface area contributed by atoms with E-state index in [1.807, 2.05) is 54.6 Å². The van der Waals surface area contributed by atoms with Gasteiger partial charge in [-0.2, -0.15) is 0 Å². The van der Waals surface area contributed by atoms with Crippen LogP contribution in [-0.2, 0) is 13.2 Å². The summed E-state index contributed by atoms with van der Waals surface area (Å²) < 4.78 is 17.4. The Morgan fingerprint density at radius 1 is 0.917 bits per heavy atom. The van der Waals surface area contributed by atoms with Crippen LogP contribution < -0.4 is 10.2 Å². The number of rotatable bonds is 6. The molecule has 6 rings (SSSR count). The van der Waals surface area contributed by atoms with Gasteiger partial charge in [-0.15, -0.1) is 0 Å². The van der Waals surface area contributed by atoms with Gasteiger partial charge in [-0.05, 0) is 53.6 Å². The van der Waals surface area contributed by atoms with Crippen LogP contribution in [0.25, 0.3) is 11.0 Å². The third kappa shape index (κ3) is 3.95. The molecule has 7 heteroatoms. The van der Waals surface area contributed by atoms with Crippen LogP contribution >= 0.6 is 11.6 Å². The van der Waals surface area contributed by atoms with E-state index in [2.05, 4.69) is 0 Å². The Balaban J connectivity index is 1.40. The maximum atomic E-state index is 13.6. The minimum absolute atomic E-state index is 0.0378. The molecule has 1 aliphatic heterocycles. The fraction of sp³-hybridized carbons (Fsp3) is 0.103. The van der Waals surface area contributed by atoms with Crippen molar-refractivity contribution in [3.63, 3.8) is 0 Å². The lowest BCUT2D eigenvalue weighted by Crippen LogP contribution is -2.29. The summed E-state index contributed by atoms with van der Waals surface area (Å²) >= 11 is 6.15. The number of halogens is 1. The largest absolute Gasteiger partial charge is 0.489 e. The molecule has 0 radical (unpaired) electrons. The first kappa shape index (κ1) is 22.2. The van der Waals surface area contributed by atoms with Crippen molar-refractivity contribution in [3.05, 3.63) is 135 Å². The fourth-order valence-corrected chi connectivity index (χ4v) is 4.73. The van der Waals surface area contributed by atoms with Crippen molar-refractivity contribution in [3.8, 4) is 5.75 Å². The Labute approximate surface area is 211 Å². The zero-order valence-electron chi connectivity index (χ0n) is 19.0. The molecule has 0 bridgehead atoms. The normalized spacial score (nSPS) is 14.9. The fourth-order valence-electron chi connectivity index (χ4n) is 4.56. The van der Waals surface area contributed by atoms with Crippen LogP contribution in [0.15, 0.2) is 105 Å². The van der Waals surface area contributed by atoms with Crippen LogP contribution in [0.3, 0.4) is 0 Å². The molecule has 2 aromatic heterocycles. The Hall–Kier alpha value is -4.29. The highest BCUT2D eigenvalue weighted by atomic mass is 35.5. The summed E-state index contributed by atoms with van der Waals surface area (Å²) in [4.78, 5) is 28.7. The molecule has 0 fully saturated rings. The smallest absolute Gasteiger partial charge is 0.291 e. The minimum Gasteiger partial charge on any atom is -0.489 e. The summed E-state index contributed by atoms with van der Waals surface area (Å²) in [6.45, 7) is 0.620. The Morgan fingerprint density at radius 3 is 2.47 bits per heavy atom. The maximum Gasteiger partial charge on any atom is 0.291 e. The standard InChI is InChI=1S/C29H20ClNO5/c30-20-10-13-24-23(15-20)27(32)25-26(31(29(33)28(25)36-24)16-22-7-4-14-34-22)19-8-11-21(12-9-19)35-17-18-5-2-1-3-6-18/h1-15,26H,16-17H2. The van der Waals surface area contributed by atoms with Crippen molar-refractivity contribution in [1.82, 2.24) is 4.90 Å². The van der Waals surface area contributed by atoms with Crippen LogP contribution in [0, 0.1) is 0 Å². The molecular formula is C29H20ClNO5. The minimum atomic E-state index is -0.652. The molecule has 0 saturated carbocycles. The van der Waals surface area contributed by atoms with Gasteiger partial charge in [0.25, 0.3) is 5.91 Å². The highest BCUT2D eigenvalue weighted by molar-refractivity contribution is 6.31. The van der Waals surface area contributed by atoms with E-state index in [4.69, 9.17) is 25.2 Å². The number of carbonyl (C=O) groups is 1. The quantitative estimate of drug-likeness (QED) is 0.273. The summed E-state index contributed by atoms with van der Waals surface area (Å²) in [7, 11) is 0. The zero-order chi connectivity index (χ0) is 24.6. The van der Waals surface area contributed by atoms with Crippen LogP contribution in [0.1, 0.15) is 39.0 Å². The molecule has 0 saturated heterocycles. The highest BCUT2D eigenvalue weighted by Crippen LogP contribution is 2.39. The molecule has 3 aromatic carbocycles. The number of hydrogen-bond acceptors (Lipinski definition) is 5. The van der Waals surface area contributed by atoms with E-state index in [9.17, 15) is 9.59 Å². The first-order chi connectivity index (χ1) is 17.6. The van der Waals surface area contributed by atoms with Crippen molar-refractivity contribution in [2.45, 2.75) is 19.2 Å². The number of furan rings is 1. The number of hydrogen-bond donors (Lipinski definition) is 0. The van der Waals surface area contributed by atoms with Gasteiger partial charge >= 0.3 is 0 Å². The van der Waals surface area contributed by atoms with Crippen molar-refractivity contribution >= 4 is 28.5 Å². The van der Waals surface area contributed by atoms with Gasteiger partial charge in [0.05, 0.1) is 29.8 Å². The molecule has 0 N–H and O–H groups in total. The number of benzene rings is 3. The average molecular weight is 498 g/mol. The van der Waals surface area contributed by atoms with Crippen molar-refractivity contribution in [2.75, 3.05) is 0 Å². The van der Waals surface area contributed by atoms with Crippen LogP contribution in [0.4, 0.5) is 0 Å². The first-order valence-electron chi connectivity index (χ1n) is 11.4. The van der Waals surface area contributed by atoms with Crippen LogP contribution in [-0.4, -0.2) is 10.8 Å². The van der Waals surface area contributed by atoms with Gasteiger partial charge in [0.15, 0.2) is 5.43 Å². The topological polar surface area (TPSA) is 72.9 Å². The summed E-state index contributed by atoms with van der Waals surface area (Å²) in [5.74, 6) is 0.951.